The molecule has 116 valence electrons. The first-order chi connectivity index (χ1) is 11.2. The fourth-order valence-corrected chi connectivity index (χ4v) is 2.64. The molecule has 0 aliphatic carbocycles. The summed E-state index contributed by atoms with van der Waals surface area (Å²) in [7, 11) is 0. The van der Waals surface area contributed by atoms with Gasteiger partial charge in [0, 0.05) is 0 Å². The van der Waals surface area contributed by atoms with E-state index in [0.29, 0.717) is 27.3 Å². The maximum absolute atomic E-state index is 12.1. The number of nitrogens with one attached hydrogen (secondary N) is 1. The molecule has 0 spiro atoms. The molecule has 1 amide bonds. The van der Waals surface area contributed by atoms with Crippen LogP contribution >= 0.6 is 15.9 Å². The van der Waals surface area contributed by atoms with Crippen LogP contribution < -0.4 is 14.8 Å². The number of furan rings is 1. The van der Waals surface area contributed by atoms with Gasteiger partial charge in [-0.05, 0) is 51.8 Å². The third-order valence-corrected chi connectivity index (χ3v) is 3.72. The predicted molar refractivity (Wildman–Crippen MR) is 84.4 cm³/mol. The number of hydrogen-bond donors (Lipinski definition) is 1. The average Bonchev–Trinajstić information content (AvgIpc) is 3.21. The molecular weight excluding hydrogens is 364 g/mol. The summed E-state index contributed by atoms with van der Waals surface area (Å²) in [5, 5.41) is 11.8. The molecule has 6 nitrogen and oxygen atoms in total. The lowest BCUT2D eigenvalue weighted by atomic mass is 10.1. The summed E-state index contributed by atoms with van der Waals surface area (Å²) in [6.07, 6.45) is 3.01. The van der Waals surface area contributed by atoms with E-state index in [1.165, 1.54) is 12.3 Å². The number of halogens is 1. The second kappa shape index (κ2) is 6.58. The Morgan fingerprint density at radius 3 is 3.04 bits per heavy atom. The summed E-state index contributed by atoms with van der Waals surface area (Å²) in [6, 6.07) is 8.84. The fraction of sp³-hybridized carbons (Fsp3) is 0.125. The zero-order valence-electron chi connectivity index (χ0n) is 11.8. The molecule has 2 heterocycles. The second-order valence-electron chi connectivity index (χ2n) is 4.67. The number of carbonyl (C=O) groups is 1. The molecule has 1 aliphatic heterocycles. The van der Waals surface area contributed by atoms with Gasteiger partial charge in [0.15, 0.2) is 11.5 Å². The zero-order valence-corrected chi connectivity index (χ0v) is 13.4. The molecule has 1 aromatic heterocycles. The Bertz CT molecular complexity index is 806. The van der Waals surface area contributed by atoms with Gasteiger partial charge in [-0.15, -0.1) is 0 Å². The van der Waals surface area contributed by atoms with Crippen molar-refractivity contribution in [3.63, 3.8) is 0 Å². The van der Waals surface area contributed by atoms with Crippen LogP contribution in [0.5, 0.6) is 11.5 Å². The van der Waals surface area contributed by atoms with E-state index in [-0.39, 0.29) is 18.9 Å². The highest BCUT2D eigenvalue weighted by atomic mass is 79.9. The monoisotopic (exact) mass is 374 g/mol. The highest BCUT2D eigenvalue weighted by Crippen LogP contribution is 2.40. The van der Waals surface area contributed by atoms with Gasteiger partial charge in [0.2, 0.25) is 6.79 Å². The Morgan fingerprint density at radius 2 is 2.30 bits per heavy atom. The van der Waals surface area contributed by atoms with Crippen LogP contribution in [0, 0.1) is 11.3 Å². The van der Waals surface area contributed by atoms with Crippen molar-refractivity contribution in [3.8, 4) is 17.6 Å². The molecule has 0 fully saturated rings. The molecule has 0 bridgehead atoms. The second-order valence-corrected chi connectivity index (χ2v) is 5.52. The molecule has 0 unspecified atom stereocenters. The Hall–Kier alpha value is -2.72. The minimum absolute atomic E-state index is 0.0117. The molecule has 0 atom stereocenters. The van der Waals surface area contributed by atoms with Crippen LogP contribution in [0.1, 0.15) is 11.3 Å². The number of hydrogen-bond acceptors (Lipinski definition) is 5. The molecular formula is C16H11BrN2O4. The van der Waals surface area contributed by atoms with Gasteiger partial charge in [-0.25, -0.2) is 0 Å². The molecule has 0 saturated carbocycles. The molecule has 1 aromatic carbocycles. The van der Waals surface area contributed by atoms with E-state index in [2.05, 4.69) is 21.2 Å². The maximum Gasteiger partial charge on any atom is 0.262 e. The number of amides is 1. The van der Waals surface area contributed by atoms with Gasteiger partial charge in [-0.2, -0.15) is 5.26 Å². The van der Waals surface area contributed by atoms with Crippen molar-refractivity contribution in [2.24, 2.45) is 0 Å². The molecule has 23 heavy (non-hydrogen) atoms. The number of benzene rings is 1. The van der Waals surface area contributed by atoms with Crippen LogP contribution in [0.25, 0.3) is 6.08 Å². The van der Waals surface area contributed by atoms with Crippen molar-refractivity contribution in [3.05, 3.63) is 51.9 Å². The first kappa shape index (κ1) is 15.2. The SMILES string of the molecule is N#C/C(=C/c1cc(Br)c2c(c1)OCO2)C(=O)NCc1ccco1. The van der Waals surface area contributed by atoms with Crippen molar-refractivity contribution >= 4 is 27.9 Å². The topological polar surface area (TPSA) is 84.5 Å². The predicted octanol–water partition coefficient (Wildman–Crippen LogP) is 2.99. The molecule has 2 aromatic rings. The summed E-state index contributed by atoms with van der Waals surface area (Å²) in [4.78, 5) is 12.1. The lowest BCUT2D eigenvalue weighted by molar-refractivity contribution is -0.117. The van der Waals surface area contributed by atoms with Crippen LogP contribution in [0.15, 0.2) is 45.0 Å². The Morgan fingerprint density at radius 1 is 1.43 bits per heavy atom. The highest BCUT2D eigenvalue weighted by molar-refractivity contribution is 9.10. The fourth-order valence-electron chi connectivity index (χ4n) is 2.06. The number of carbonyl (C=O) groups excluding carboxylic acids is 1. The van der Waals surface area contributed by atoms with Crippen molar-refractivity contribution in [1.29, 1.82) is 5.26 Å². The van der Waals surface area contributed by atoms with E-state index >= 15 is 0 Å². The Balaban J connectivity index is 1.77. The van der Waals surface area contributed by atoms with Gasteiger partial charge in [-0.3, -0.25) is 4.79 Å². The van der Waals surface area contributed by atoms with Crippen LogP contribution in [0.2, 0.25) is 0 Å². The van der Waals surface area contributed by atoms with E-state index in [9.17, 15) is 10.1 Å². The molecule has 1 N–H and O–H groups in total. The lowest BCUT2D eigenvalue weighted by Crippen LogP contribution is -2.23. The van der Waals surface area contributed by atoms with E-state index in [1.54, 1.807) is 24.3 Å². The number of ether oxygens (including phenoxy) is 2. The summed E-state index contributed by atoms with van der Waals surface area (Å²) < 4.78 is 16.4. The average molecular weight is 375 g/mol. The van der Waals surface area contributed by atoms with Crippen molar-refractivity contribution in [2.45, 2.75) is 6.54 Å². The van der Waals surface area contributed by atoms with Crippen molar-refractivity contribution in [1.82, 2.24) is 5.32 Å². The summed E-state index contributed by atoms with van der Waals surface area (Å²) in [6.45, 7) is 0.367. The standard InChI is InChI=1S/C16H11BrN2O4/c17-13-5-10(6-14-15(13)23-9-22-14)4-11(7-18)16(20)19-8-12-2-1-3-21-12/h1-6H,8-9H2,(H,19,20)/b11-4-. The first-order valence-electron chi connectivity index (χ1n) is 6.69. The summed E-state index contributed by atoms with van der Waals surface area (Å²) in [5.74, 6) is 1.32. The molecule has 7 heteroatoms. The van der Waals surface area contributed by atoms with Gasteiger partial charge in [0.25, 0.3) is 5.91 Å². The van der Waals surface area contributed by atoms with Crippen LogP contribution in [-0.2, 0) is 11.3 Å². The van der Waals surface area contributed by atoms with Crippen LogP contribution in [0.3, 0.4) is 0 Å². The van der Waals surface area contributed by atoms with Crippen molar-refractivity contribution < 1.29 is 18.7 Å². The van der Waals surface area contributed by atoms with Gasteiger partial charge in [-0.1, -0.05) is 0 Å². The van der Waals surface area contributed by atoms with E-state index in [1.807, 2.05) is 6.07 Å². The van der Waals surface area contributed by atoms with E-state index in [0.717, 1.165) is 0 Å². The minimum Gasteiger partial charge on any atom is -0.467 e. The first-order valence-corrected chi connectivity index (χ1v) is 7.48. The van der Waals surface area contributed by atoms with Crippen molar-refractivity contribution in [2.75, 3.05) is 6.79 Å². The largest absolute Gasteiger partial charge is 0.467 e. The third-order valence-electron chi connectivity index (χ3n) is 3.13. The van der Waals surface area contributed by atoms with E-state index < -0.39 is 5.91 Å². The summed E-state index contributed by atoms with van der Waals surface area (Å²) >= 11 is 3.37. The molecule has 0 saturated heterocycles. The highest BCUT2D eigenvalue weighted by Gasteiger charge is 2.18. The summed E-state index contributed by atoms with van der Waals surface area (Å²) in [5.41, 5.74) is 0.646. The van der Waals surface area contributed by atoms with Crippen LogP contribution in [0.4, 0.5) is 0 Å². The molecule has 1 aliphatic rings. The zero-order chi connectivity index (χ0) is 16.2. The van der Waals surface area contributed by atoms with Gasteiger partial charge < -0.3 is 19.2 Å². The normalized spacial score (nSPS) is 12.8. The minimum atomic E-state index is -0.474. The van der Waals surface area contributed by atoms with Gasteiger partial charge in [0.05, 0.1) is 17.3 Å². The van der Waals surface area contributed by atoms with Crippen LogP contribution in [-0.4, -0.2) is 12.7 Å². The van der Waals surface area contributed by atoms with Gasteiger partial charge in [0.1, 0.15) is 17.4 Å². The Kier molecular flexibility index (Phi) is 4.35. The van der Waals surface area contributed by atoms with Gasteiger partial charge >= 0.3 is 0 Å². The Labute approximate surface area is 140 Å². The number of fused-ring (bicyclic) bond motifs is 1. The van der Waals surface area contributed by atoms with E-state index in [4.69, 9.17) is 13.9 Å². The molecule has 3 rings (SSSR count). The quantitative estimate of drug-likeness (QED) is 0.656. The number of rotatable bonds is 4. The lowest BCUT2D eigenvalue weighted by Gasteiger charge is -2.04. The molecule has 0 radical (unpaired) electrons. The smallest absolute Gasteiger partial charge is 0.262 e. The third kappa shape index (κ3) is 3.38. The number of nitriles is 1. The number of nitrogens with zero attached hydrogens (tertiary/aromatic N) is 1. The maximum atomic E-state index is 12.1.